The van der Waals surface area contributed by atoms with Crippen LogP contribution < -0.4 is 5.32 Å². The second-order valence-electron chi connectivity index (χ2n) is 5.27. The molecule has 1 N–H and O–H groups in total. The maximum atomic E-state index is 12.8. The van der Waals surface area contributed by atoms with Gasteiger partial charge in [0.15, 0.2) is 5.76 Å². The van der Waals surface area contributed by atoms with Crippen LogP contribution >= 0.6 is 0 Å². The zero-order chi connectivity index (χ0) is 15.0. The highest BCUT2D eigenvalue weighted by Crippen LogP contribution is 2.27. The summed E-state index contributed by atoms with van der Waals surface area (Å²) in [5.74, 6) is 0.0422. The van der Waals surface area contributed by atoms with E-state index in [-0.39, 0.29) is 11.8 Å². The summed E-state index contributed by atoms with van der Waals surface area (Å²) < 4.78 is 5.72. The molecule has 0 radical (unpaired) electrons. The molecule has 110 valence electrons. The molecule has 1 aliphatic heterocycles. The number of benzene rings is 1. The average Bonchev–Trinajstić information content (AvgIpc) is 2.84. The maximum Gasteiger partial charge on any atom is 0.290 e. The second-order valence-corrected chi connectivity index (χ2v) is 5.27. The SMILES string of the molecule is CCC1C(=O)NCCN1C(=O)c1oc2ccccc2c1C. The van der Waals surface area contributed by atoms with E-state index in [1.807, 2.05) is 38.1 Å². The maximum absolute atomic E-state index is 12.8. The van der Waals surface area contributed by atoms with Crippen molar-refractivity contribution < 1.29 is 14.0 Å². The molecule has 0 aliphatic carbocycles. The van der Waals surface area contributed by atoms with Gasteiger partial charge in [0.2, 0.25) is 5.91 Å². The van der Waals surface area contributed by atoms with Crippen molar-refractivity contribution in [1.29, 1.82) is 0 Å². The van der Waals surface area contributed by atoms with E-state index in [4.69, 9.17) is 4.42 Å². The minimum atomic E-state index is -0.418. The van der Waals surface area contributed by atoms with E-state index in [0.717, 1.165) is 10.9 Å². The summed E-state index contributed by atoms with van der Waals surface area (Å²) in [7, 11) is 0. The van der Waals surface area contributed by atoms with Crippen LogP contribution in [0, 0.1) is 6.92 Å². The lowest BCUT2D eigenvalue weighted by Crippen LogP contribution is -2.56. The van der Waals surface area contributed by atoms with Crippen LogP contribution in [0.4, 0.5) is 0 Å². The van der Waals surface area contributed by atoms with Crippen LogP contribution in [-0.2, 0) is 4.79 Å². The van der Waals surface area contributed by atoms with E-state index in [9.17, 15) is 9.59 Å². The number of nitrogens with one attached hydrogen (secondary N) is 1. The second kappa shape index (κ2) is 5.24. The zero-order valence-electron chi connectivity index (χ0n) is 12.2. The number of carbonyl (C=O) groups excluding carboxylic acids is 2. The van der Waals surface area contributed by atoms with Crippen molar-refractivity contribution in [3.8, 4) is 0 Å². The van der Waals surface area contributed by atoms with Crippen LogP contribution in [0.3, 0.4) is 0 Å². The molecule has 0 saturated carbocycles. The topological polar surface area (TPSA) is 62.6 Å². The highest BCUT2D eigenvalue weighted by molar-refractivity contribution is 6.01. The van der Waals surface area contributed by atoms with E-state index >= 15 is 0 Å². The predicted molar refractivity (Wildman–Crippen MR) is 79.1 cm³/mol. The summed E-state index contributed by atoms with van der Waals surface area (Å²) in [6.45, 7) is 4.78. The lowest BCUT2D eigenvalue weighted by Gasteiger charge is -2.34. The number of para-hydroxylation sites is 1. The summed E-state index contributed by atoms with van der Waals surface area (Å²) in [5, 5.41) is 3.74. The highest BCUT2D eigenvalue weighted by atomic mass is 16.3. The Hall–Kier alpha value is -2.30. The van der Waals surface area contributed by atoms with Gasteiger partial charge in [0.1, 0.15) is 11.6 Å². The molecule has 2 heterocycles. The molecule has 0 bridgehead atoms. The number of rotatable bonds is 2. The van der Waals surface area contributed by atoms with Crippen LogP contribution in [-0.4, -0.2) is 35.8 Å². The van der Waals surface area contributed by atoms with Crippen LogP contribution in [0.5, 0.6) is 0 Å². The van der Waals surface area contributed by atoms with Gasteiger partial charge < -0.3 is 14.6 Å². The molecular weight excluding hydrogens is 268 g/mol. The monoisotopic (exact) mass is 286 g/mol. The minimum Gasteiger partial charge on any atom is -0.451 e. The summed E-state index contributed by atoms with van der Waals surface area (Å²) >= 11 is 0. The van der Waals surface area contributed by atoms with Gasteiger partial charge in [-0.25, -0.2) is 0 Å². The third-order valence-corrected chi connectivity index (χ3v) is 4.02. The number of amides is 2. The van der Waals surface area contributed by atoms with Gasteiger partial charge in [-0.2, -0.15) is 0 Å². The molecule has 2 aromatic rings. The molecule has 1 atom stereocenters. The molecule has 3 rings (SSSR count). The van der Waals surface area contributed by atoms with E-state index in [2.05, 4.69) is 5.32 Å². The molecule has 1 saturated heterocycles. The van der Waals surface area contributed by atoms with Gasteiger partial charge in [0.05, 0.1) is 0 Å². The van der Waals surface area contributed by atoms with E-state index < -0.39 is 6.04 Å². The number of aryl methyl sites for hydroxylation is 1. The molecule has 1 aromatic carbocycles. The first kappa shape index (κ1) is 13.7. The van der Waals surface area contributed by atoms with Crippen molar-refractivity contribution in [3.63, 3.8) is 0 Å². The normalized spacial score (nSPS) is 18.9. The molecule has 1 fully saturated rings. The molecule has 2 amide bonds. The first-order chi connectivity index (χ1) is 10.1. The van der Waals surface area contributed by atoms with Crippen LogP contribution in [0.25, 0.3) is 11.0 Å². The number of furan rings is 1. The third-order valence-electron chi connectivity index (χ3n) is 4.02. The van der Waals surface area contributed by atoms with Crippen molar-refractivity contribution in [2.24, 2.45) is 0 Å². The Morgan fingerprint density at radius 3 is 2.90 bits per heavy atom. The summed E-state index contributed by atoms with van der Waals surface area (Å²) in [5.41, 5.74) is 1.53. The number of hydrogen-bond donors (Lipinski definition) is 1. The lowest BCUT2D eigenvalue weighted by atomic mass is 10.1. The molecule has 5 nitrogen and oxygen atoms in total. The molecule has 5 heteroatoms. The Bertz CT molecular complexity index is 705. The third kappa shape index (κ3) is 2.18. The Kier molecular flexibility index (Phi) is 3.41. The van der Waals surface area contributed by atoms with E-state index in [1.165, 1.54) is 0 Å². The van der Waals surface area contributed by atoms with Crippen molar-refractivity contribution in [3.05, 3.63) is 35.6 Å². The Morgan fingerprint density at radius 2 is 2.19 bits per heavy atom. The van der Waals surface area contributed by atoms with E-state index in [0.29, 0.717) is 30.9 Å². The van der Waals surface area contributed by atoms with Crippen molar-refractivity contribution >= 4 is 22.8 Å². The number of nitrogens with zero attached hydrogens (tertiary/aromatic N) is 1. The fourth-order valence-electron chi connectivity index (χ4n) is 2.87. The Labute approximate surface area is 122 Å². The van der Waals surface area contributed by atoms with Crippen LogP contribution in [0.2, 0.25) is 0 Å². The minimum absolute atomic E-state index is 0.0918. The predicted octanol–water partition coefficient (Wildman–Crippen LogP) is 2.09. The fraction of sp³-hybridized carbons (Fsp3) is 0.375. The summed E-state index contributed by atoms with van der Waals surface area (Å²) in [6.07, 6.45) is 0.594. The van der Waals surface area contributed by atoms with Crippen LogP contribution in [0.1, 0.15) is 29.5 Å². The van der Waals surface area contributed by atoms with Gasteiger partial charge in [-0.15, -0.1) is 0 Å². The van der Waals surface area contributed by atoms with Crippen LogP contribution in [0.15, 0.2) is 28.7 Å². The summed E-state index contributed by atoms with van der Waals surface area (Å²) in [6, 6.07) is 7.16. The van der Waals surface area contributed by atoms with E-state index in [1.54, 1.807) is 4.90 Å². The van der Waals surface area contributed by atoms with Gasteiger partial charge >= 0.3 is 0 Å². The largest absolute Gasteiger partial charge is 0.451 e. The van der Waals surface area contributed by atoms with Crippen molar-refractivity contribution in [2.45, 2.75) is 26.3 Å². The van der Waals surface area contributed by atoms with Gasteiger partial charge in [-0.1, -0.05) is 25.1 Å². The standard InChI is InChI=1S/C16H18N2O3/c1-3-12-15(19)17-8-9-18(12)16(20)14-10(2)11-6-4-5-7-13(11)21-14/h4-7,12H,3,8-9H2,1-2H3,(H,17,19). The molecule has 0 spiro atoms. The smallest absolute Gasteiger partial charge is 0.290 e. The van der Waals surface area contributed by atoms with Gasteiger partial charge in [0.25, 0.3) is 5.91 Å². The number of fused-ring (bicyclic) bond motifs is 1. The first-order valence-corrected chi connectivity index (χ1v) is 7.20. The fourth-order valence-corrected chi connectivity index (χ4v) is 2.87. The number of carbonyl (C=O) groups is 2. The van der Waals surface area contributed by atoms with Gasteiger partial charge in [-0.3, -0.25) is 9.59 Å². The molecule has 1 unspecified atom stereocenters. The molecule has 21 heavy (non-hydrogen) atoms. The quantitative estimate of drug-likeness (QED) is 0.919. The van der Waals surface area contributed by atoms with Gasteiger partial charge in [0, 0.05) is 24.0 Å². The Balaban J connectivity index is 1.99. The lowest BCUT2D eigenvalue weighted by molar-refractivity contribution is -0.127. The number of hydrogen-bond acceptors (Lipinski definition) is 3. The highest BCUT2D eigenvalue weighted by Gasteiger charge is 2.34. The zero-order valence-corrected chi connectivity index (χ0v) is 12.2. The van der Waals surface area contributed by atoms with Gasteiger partial charge in [-0.05, 0) is 19.4 Å². The molecule has 1 aliphatic rings. The molecule has 1 aromatic heterocycles. The van der Waals surface area contributed by atoms with Crippen molar-refractivity contribution in [2.75, 3.05) is 13.1 Å². The summed E-state index contributed by atoms with van der Waals surface area (Å²) in [4.78, 5) is 26.3. The van der Waals surface area contributed by atoms with Crippen molar-refractivity contribution in [1.82, 2.24) is 10.2 Å². The first-order valence-electron chi connectivity index (χ1n) is 7.20. The molecular formula is C16H18N2O3. The Morgan fingerprint density at radius 1 is 1.43 bits per heavy atom. The average molecular weight is 286 g/mol. The number of piperazine rings is 1.